The predicted octanol–water partition coefficient (Wildman–Crippen LogP) is -1.02. The Balaban J connectivity index is 3.88. The fourth-order valence-corrected chi connectivity index (χ4v) is 2.59. The Morgan fingerprint density at radius 1 is 1.07 bits per heavy atom. The normalized spacial score (nSPS) is 13.6. The van der Waals surface area contributed by atoms with Crippen LogP contribution in [-0.4, -0.2) is 75.7 Å². The molecule has 0 heterocycles. The summed E-state index contributed by atoms with van der Waals surface area (Å²) >= 11 is 0.929. The summed E-state index contributed by atoms with van der Waals surface area (Å²) in [5, 5.41) is 32.7. The number of aliphatic hydroxyl groups excluding tert-OH is 3. The monoisotopic (exact) mass is 406 g/mol. The van der Waals surface area contributed by atoms with Crippen LogP contribution >= 0.6 is 11.8 Å². The van der Waals surface area contributed by atoms with Crippen molar-refractivity contribution in [3.8, 4) is 0 Å². The smallest absolute Gasteiger partial charge is 0.249 e. The summed E-state index contributed by atoms with van der Waals surface area (Å²) in [6, 6.07) is 0. The van der Waals surface area contributed by atoms with Crippen LogP contribution < -0.4 is 10.6 Å². The van der Waals surface area contributed by atoms with Crippen molar-refractivity contribution in [2.75, 3.05) is 25.4 Å². The Labute approximate surface area is 163 Å². The molecule has 10 heteroatoms. The molecule has 0 aromatic heterocycles. The van der Waals surface area contributed by atoms with Crippen LogP contribution in [0.1, 0.15) is 40.0 Å². The van der Waals surface area contributed by atoms with Gasteiger partial charge in [0.1, 0.15) is 11.9 Å². The highest BCUT2D eigenvalue weighted by molar-refractivity contribution is 8.13. The van der Waals surface area contributed by atoms with E-state index in [9.17, 15) is 24.3 Å². The summed E-state index contributed by atoms with van der Waals surface area (Å²) in [5.74, 6) is -1.01. The average molecular weight is 407 g/mol. The number of thioether (sulfide) groups is 1. The topological polar surface area (TPSA) is 153 Å². The Hall–Kier alpha value is -1.49. The van der Waals surface area contributed by atoms with Crippen molar-refractivity contribution in [2.45, 2.75) is 52.2 Å². The zero-order valence-electron chi connectivity index (χ0n) is 16.0. The Bertz CT molecular complexity index is 523. The highest BCUT2D eigenvalue weighted by Gasteiger charge is 2.32. The molecule has 0 bridgehead atoms. The third-order valence-electron chi connectivity index (χ3n) is 3.60. The number of carbonyl (C=O) groups is 4. The van der Waals surface area contributed by atoms with Crippen molar-refractivity contribution in [3.63, 3.8) is 0 Å². The van der Waals surface area contributed by atoms with E-state index in [0.29, 0.717) is 5.75 Å². The lowest BCUT2D eigenvalue weighted by Gasteiger charge is -2.27. The molecule has 0 fully saturated rings. The summed E-state index contributed by atoms with van der Waals surface area (Å²) in [4.78, 5) is 46.3. The van der Waals surface area contributed by atoms with Crippen LogP contribution in [0.5, 0.6) is 0 Å². The molecule has 2 amide bonds. The van der Waals surface area contributed by atoms with Crippen LogP contribution in [0.4, 0.5) is 0 Å². The molecular weight excluding hydrogens is 376 g/mol. The number of ketones is 1. The van der Waals surface area contributed by atoms with Gasteiger partial charge < -0.3 is 26.0 Å². The van der Waals surface area contributed by atoms with E-state index < -0.39 is 23.5 Å². The number of nitrogens with one attached hydrogen (secondary N) is 2. The Morgan fingerprint density at radius 3 is 2.26 bits per heavy atom. The van der Waals surface area contributed by atoms with Gasteiger partial charge >= 0.3 is 0 Å². The van der Waals surface area contributed by atoms with E-state index in [1.165, 1.54) is 6.92 Å². The lowest BCUT2D eigenvalue weighted by atomic mass is 9.87. The van der Waals surface area contributed by atoms with Gasteiger partial charge in [0.2, 0.25) is 11.8 Å². The molecule has 5 N–H and O–H groups in total. The van der Waals surface area contributed by atoms with Crippen molar-refractivity contribution in [3.05, 3.63) is 0 Å². The number of amides is 2. The number of carbonyl (C=O) groups excluding carboxylic acids is 4. The number of aliphatic hydroxyl groups is 3. The number of hydrogen-bond donors (Lipinski definition) is 5. The largest absolute Gasteiger partial charge is 0.396 e. The van der Waals surface area contributed by atoms with Crippen molar-refractivity contribution in [2.24, 2.45) is 5.41 Å². The van der Waals surface area contributed by atoms with Gasteiger partial charge in [0.05, 0.1) is 19.1 Å². The molecule has 0 aromatic rings. The maximum Gasteiger partial charge on any atom is 0.249 e. The summed E-state index contributed by atoms with van der Waals surface area (Å²) in [6.45, 7) is 4.46. The standard InChI is InChI=1S/C17H30N2O7S/c1-11(21)8-12(22)9-14(24)27-7-6-18-13(23)4-5-19-16(26)15(25)17(2,3)10-20/h11,15,20-21,25H,4-10H2,1-3H3,(H,18,23)(H,19,26). The molecule has 0 aromatic carbocycles. The van der Waals surface area contributed by atoms with Gasteiger partial charge in [-0.1, -0.05) is 25.6 Å². The van der Waals surface area contributed by atoms with E-state index in [-0.39, 0.29) is 55.8 Å². The van der Waals surface area contributed by atoms with E-state index >= 15 is 0 Å². The minimum Gasteiger partial charge on any atom is -0.396 e. The zero-order valence-corrected chi connectivity index (χ0v) is 16.8. The number of rotatable bonds is 13. The molecule has 2 atom stereocenters. The number of hydrogen-bond acceptors (Lipinski definition) is 8. The van der Waals surface area contributed by atoms with Crippen LogP contribution in [0.25, 0.3) is 0 Å². The maximum atomic E-state index is 11.7. The Morgan fingerprint density at radius 2 is 1.70 bits per heavy atom. The summed E-state index contributed by atoms with van der Waals surface area (Å²) < 4.78 is 0. The summed E-state index contributed by atoms with van der Waals surface area (Å²) in [6.07, 6.45) is -2.46. The van der Waals surface area contributed by atoms with Crippen LogP contribution in [0, 0.1) is 5.41 Å². The highest BCUT2D eigenvalue weighted by Crippen LogP contribution is 2.19. The van der Waals surface area contributed by atoms with Crippen molar-refractivity contribution >= 4 is 34.5 Å². The highest BCUT2D eigenvalue weighted by atomic mass is 32.2. The molecule has 0 radical (unpaired) electrons. The summed E-state index contributed by atoms with van der Waals surface area (Å²) in [7, 11) is 0. The fourth-order valence-electron chi connectivity index (χ4n) is 1.89. The SMILES string of the molecule is CC(O)CC(=O)CC(=O)SCCNC(=O)CCNC(=O)C(O)C(C)(C)CO. The molecule has 0 saturated carbocycles. The van der Waals surface area contributed by atoms with Crippen LogP contribution in [0.15, 0.2) is 0 Å². The molecule has 0 saturated heterocycles. The second-order valence-electron chi connectivity index (χ2n) is 6.93. The van der Waals surface area contributed by atoms with Gasteiger partial charge in [-0.2, -0.15) is 0 Å². The van der Waals surface area contributed by atoms with Crippen molar-refractivity contribution < 1.29 is 34.5 Å². The maximum absolute atomic E-state index is 11.7. The van der Waals surface area contributed by atoms with Crippen LogP contribution in [0.3, 0.4) is 0 Å². The molecular formula is C17H30N2O7S. The molecule has 0 aliphatic rings. The minimum absolute atomic E-state index is 0.00347. The van der Waals surface area contributed by atoms with Crippen LogP contribution in [0.2, 0.25) is 0 Å². The predicted molar refractivity (Wildman–Crippen MR) is 101 cm³/mol. The summed E-state index contributed by atoms with van der Waals surface area (Å²) in [5.41, 5.74) is -0.979. The fraction of sp³-hybridized carbons (Fsp3) is 0.765. The van der Waals surface area contributed by atoms with E-state index in [4.69, 9.17) is 10.2 Å². The first kappa shape index (κ1) is 25.5. The molecule has 2 unspecified atom stereocenters. The molecule has 0 aliphatic carbocycles. The van der Waals surface area contributed by atoms with Gasteiger partial charge in [0, 0.05) is 37.1 Å². The van der Waals surface area contributed by atoms with Gasteiger partial charge in [-0.05, 0) is 6.92 Å². The van der Waals surface area contributed by atoms with Crippen LogP contribution in [-0.2, 0) is 19.2 Å². The first-order valence-corrected chi connectivity index (χ1v) is 9.67. The quantitative estimate of drug-likeness (QED) is 0.192. The van der Waals surface area contributed by atoms with Gasteiger partial charge in [0.15, 0.2) is 5.12 Å². The van der Waals surface area contributed by atoms with E-state index in [1.54, 1.807) is 13.8 Å². The van der Waals surface area contributed by atoms with E-state index in [2.05, 4.69) is 10.6 Å². The van der Waals surface area contributed by atoms with Gasteiger partial charge in [-0.25, -0.2) is 0 Å². The van der Waals surface area contributed by atoms with E-state index in [0.717, 1.165) is 11.8 Å². The molecule has 0 aliphatic heterocycles. The van der Waals surface area contributed by atoms with Crippen molar-refractivity contribution in [1.29, 1.82) is 0 Å². The number of Topliss-reactive ketones (excluding diaryl/α,β-unsaturated/α-hetero) is 1. The second-order valence-corrected chi connectivity index (χ2v) is 8.08. The van der Waals surface area contributed by atoms with Gasteiger partial charge in [-0.15, -0.1) is 0 Å². The second kappa shape index (κ2) is 12.8. The lowest BCUT2D eigenvalue weighted by Crippen LogP contribution is -2.46. The third kappa shape index (κ3) is 11.8. The Kier molecular flexibility index (Phi) is 12.1. The lowest BCUT2D eigenvalue weighted by molar-refractivity contribution is -0.137. The molecule has 27 heavy (non-hydrogen) atoms. The van der Waals surface area contributed by atoms with Gasteiger partial charge in [0.25, 0.3) is 0 Å². The first-order valence-electron chi connectivity index (χ1n) is 8.68. The van der Waals surface area contributed by atoms with Crippen molar-refractivity contribution in [1.82, 2.24) is 10.6 Å². The molecule has 0 spiro atoms. The zero-order chi connectivity index (χ0) is 21.0. The first-order chi connectivity index (χ1) is 12.5. The molecule has 0 rings (SSSR count). The minimum atomic E-state index is -1.38. The van der Waals surface area contributed by atoms with E-state index in [1.807, 2.05) is 0 Å². The molecule has 9 nitrogen and oxygen atoms in total. The molecule has 156 valence electrons. The average Bonchev–Trinajstić information content (AvgIpc) is 2.56. The van der Waals surface area contributed by atoms with Gasteiger partial charge in [-0.3, -0.25) is 19.2 Å². The third-order valence-corrected chi connectivity index (χ3v) is 4.47.